The van der Waals surface area contributed by atoms with E-state index in [0.717, 1.165) is 11.3 Å². The van der Waals surface area contributed by atoms with Gasteiger partial charge in [-0.05, 0) is 35.7 Å². The molecule has 1 N–H and O–H groups in total. The standard InChI is InChI=1S/C17H18ClN3O4/c1-24-13-5-2-11(3-6-13)10-25-14-8-19-17(18)20-16(14)21-12(9-22)4-7-15(21)23/h2-3,5-6,8,12,22H,4,7,9-10H2,1H3. The van der Waals surface area contributed by atoms with E-state index in [4.69, 9.17) is 21.1 Å². The number of ether oxygens (including phenoxy) is 2. The highest BCUT2D eigenvalue weighted by Gasteiger charge is 2.34. The molecule has 1 aromatic heterocycles. The van der Waals surface area contributed by atoms with Crippen molar-refractivity contribution in [2.24, 2.45) is 0 Å². The summed E-state index contributed by atoms with van der Waals surface area (Å²) in [6.07, 6.45) is 2.36. The average Bonchev–Trinajstić information content (AvgIpc) is 3.01. The lowest BCUT2D eigenvalue weighted by Crippen LogP contribution is -2.36. The zero-order chi connectivity index (χ0) is 17.8. The van der Waals surface area contributed by atoms with Crippen LogP contribution in [0.25, 0.3) is 0 Å². The second-order valence-corrected chi connectivity index (χ2v) is 5.94. The maximum Gasteiger partial charge on any atom is 0.228 e. The van der Waals surface area contributed by atoms with Gasteiger partial charge in [0.1, 0.15) is 12.4 Å². The summed E-state index contributed by atoms with van der Waals surface area (Å²) in [5.74, 6) is 1.26. The van der Waals surface area contributed by atoms with Crippen LogP contribution in [0, 0.1) is 0 Å². The van der Waals surface area contributed by atoms with E-state index < -0.39 is 0 Å². The van der Waals surface area contributed by atoms with Crippen LogP contribution in [-0.2, 0) is 11.4 Å². The maximum absolute atomic E-state index is 12.2. The molecule has 25 heavy (non-hydrogen) atoms. The molecule has 2 heterocycles. The van der Waals surface area contributed by atoms with Crippen LogP contribution in [0.5, 0.6) is 11.5 Å². The Morgan fingerprint density at radius 1 is 1.36 bits per heavy atom. The molecular weight excluding hydrogens is 346 g/mol. The van der Waals surface area contributed by atoms with Gasteiger partial charge in [-0.3, -0.25) is 9.69 Å². The highest BCUT2D eigenvalue weighted by atomic mass is 35.5. The van der Waals surface area contributed by atoms with Gasteiger partial charge in [0.2, 0.25) is 11.2 Å². The number of carbonyl (C=O) groups is 1. The van der Waals surface area contributed by atoms with Crippen LogP contribution in [0.1, 0.15) is 18.4 Å². The molecule has 7 nitrogen and oxygen atoms in total. The van der Waals surface area contributed by atoms with E-state index >= 15 is 0 Å². The van der Waals surface area contributed by atoms with Crippen molar-refractivity contribution >= 4 is 23.3 Å². The van der Waals surface area contributed by atoms with E-state index in [0.29, 0.717) is 18.6 Å². The molecule has 0 spiro atoms. The molecule has 1 atom stereocenters. The zero-order valence-corrected chi connectivity index (χ0v) is 14.4. The molecule has 1 aliphatic rings. The van der Waals surface area contributed by atoms with Crippen LogP contribution in [0.2, 0.25) is 5.28 Å². The summed E-state index contributed by atoms with van der Waals surface area (Å²) >= 11 is 5.89. The molecule has 0 aliphatic carbocycles. The Morgan fingerprint density at radius 3 is 2.80 bits per heavy atom. The molecular formula is C17H18ClN3O4. The summed E-state index contributed by atoms with van der Waals surface area (Å²) in [5, 5.41) is 9.53. The van der Waals surface area contributed by atoms with Crippen LogP contribution in [0.3, 0.4) is 0 Å². The molecule has 1 aliphatic heterocycles. The van der Waals surface area contributed by atoms with E-state index in [1.807, 2.05) is 24.3 Å². The minimum absolute atomic E-state index is 0.0168. The fourth-order valence-corrected chi connectivity index (χ4v) is 2.83. The molecule has 3 rings (SSSR count). The number of hydrogen-bond acceptors (Lipinski definition) is 6. The quantitative estimate of drug-likeness (QED) is 0.792. The van der Waals surface area contributed by atoms with E-state index in [2.05, 4.69) is 9.97 Å². The third kappa shape index (κ3) is 3.83. The van der Waals surface area contributed by atoms with Crippen LogP contribution >= 0.6 is 11.6 Å². The van der Waals surface area contributed by atoms with Gasteiger partial charge in [-0.2, -0.15) is 4.98 Å². The lowest BCUT2D eigenvalue weighted by Gasteiger charge is -2.24. The summed E-state index contributed by atoms with van der Waals surface area (Å²) < 4.78 is 10.9. The topological polar surface area (TPSA) is 84.8 Å². The Balaban J connectivity index is 1.82. The van der Waals surface area contributed by atoms with Crippen molar-refractivity contribution in [3.05, 3.63) is 41.3 Å². The number of hydrogen-bond donors (Lipinski definition) is 1. The first-order valence-corrected chi connectivity index (χ1v) is 8.21. The van der Waals surface area contributed by atoms with Gasteiger partial charge in [0.15, 0.2) is 11.6 Å². The van der Waals surface area contributed by atoms with E-state index in [1.54, 1.807) is 7.11 Å². The third-order valence-electron chi connectivity index (χ3n) is 4.02. The van der Waals surface area contributed by atoms with Gasteiger partial charge < -0.3 is 14.6 Å². The molecule has 8 heteroatoms. The number of anilines is 1. The molecule has 0 radical (unpaired) electrons. The second-order valence-electron chi connectivity index (χ2n) is 5.60. The summed E-state index contributed by atoms with van der Waals surface area (Å²) in [5.41, 5.74) is 0.924. The fourth-order valence-electron chi connectivity index (χ4n) is 2.71. The predicted molar refractivity (Wildman–Crippen MR) is 92.0 cm³/mol. The lowest BCUT2D eigenvalue weighted by molar-refractivity contribution is -0.117. The molecule has 1 fully saturated rings. The van der Waals surface area contributed by atoms with Gasteiger partial charge >= 0.3 is 0 Å². The highest BCUT2D eigenvalue weighted by molar-refractivity contribution is 6.28. The third-order valence-corrected chi connectivity index (χ3v) is 4.21. The number of aliphatic hydroxyl groups excluding tert-OH is 1. The first-order chi connectivity index (χ1) is 12.1. The molecule has 0 saturated carbocycles. The van der Waals surface area contributed by atoms with Crippen molar-refractivity contribution in [3.8, 4) is 11.5 Å². The maximum atomic E-state index is 12.2. The summed E-state index contributed by atoms with van der Waals surface area (Å²) in [6.45, 7) is 0.124. The minimum Gasteiger partial charge on any atom is -0.497 e. The largest absolute Gasteiger partial charge is 0.497 e. The number of aromatic nitrogens is 2. The highest BCUT2D eigenvalue weighted by Crippen LogP contribution is 2.33. The summed E-state index contributed by atoms with van der Waals surface area (Å²) in [4.78, 5) is 21.7. The van der Waals surface area contributed by atoms with Crippen LogP contribution < -0.4 is 14.4 Å². The smallest absolute Gasteiger partial charge is 0.228 e. The van der Waals surface area contributed by atoms with Gasteiger partial charge in [0.25, 0.3) is 0 Å². The second kappa shape index (κ2) is 7.67. The van der Waals surface area contributed by atoms with Gasteiger partial charge in [-0.25, -0.2) is 4.98 Å². The molecule has 1 unspecified atom stereocenters. The molecule has 2 aromatic rings. The number of methoxy groups -OCH3 is 1. The molecule has 1 amide bonds. The zero-order valence-electron chi connectivity index (χ0n) is 13.7. The van der Waals surface area contributed by atoms with E-state index in [-0.39, 0.29) is 36.3 Å². The minimum atomic E-state index is -0.332. The van der Waals surface area contributed by atoms with Crippen LogP contribution in [-0.4, -0.2) is 40.7 Å². The summed E-state index contributed by atoms with van der Waals surface area (Å²) in [6, 6.07) is 7.11. The molecule has 132 valence electrons. The number of rotatable bonds is 6. The van der Waals surface area contributed by atoms with Crippen molar-refractivity contribution in [2.75, 3.05) is 18.6 Å². The van der Waals surface area contributed by atoms with Gasteiger partial charge in [-0.15, -0.1) is 0 Å². The SMILES string of the molecule is COc1ccc(COc2cnc(Cl)nc2N2C(=O)CCC2CO)cc1. The lowest BCUT2D eigenvalue weighted by atomic mass is 10.2. The Bertz CT molecular complexity index is 754. The normalized spacial score (nSPS) is 17.0. The molecule has 0 bridgehead atoms. The first-order valence-electron chi connectivity index (χ1n) is 7.83. The van der Waals surface area contributed by atoms with Crippen molar-refractivity contribution in [3.63, 3.8) is 0 Å². The number of halogens is 1. The van der Waals surface area contributed by atoms with Crippen molar-refractivity contribution in [2.45, 2.75) is 25.5 Å². The van der Waals surface area contributed by atoms with Crippen molar-refractivity contribution < 1.29 is 19.4 Å². The number of aliphatic hydroxyl groups is 1. The number of benzene rings is 1. The Hall–Kier alpha value is -2.38. The Morgan fingerprint density at radius 2 is 2.12 bits per heavy atom. The number of amides is 1. The number of nitrogens with zero attached hydrogens (tertiary/aromatic N) is 3. The van der Waals surface area contributed by atoms with Gasteiger partial charge in [-0.1, -0.05) is 12.1 Å². The van der Waals surface area contributed by atoms with E-state index in [1.165, 1.54) is 11.1 Å². The fraction of sp³-hybridized carbons (Fsp3) is 0.353. The Kier molecular flexibility index (Phi) is 5.35. The monoisotopic (exact) mass is 363 g/mol. The first kappa shape index (κ1) is 17.4. The number of carbonyl (C=O) groups excluding carboxylic acids is 1. The average molecular weight is 364 g/mol. The van der Waals surface area contributed by atoms with Gasteiger partial charge in [0.05, 0.1) is 26.0 Å². The van der Waals surface area contributed by atoms with Crippen LogP contribution in [0.4, 0.5) is 5.82 Å². The van der Waals surface area contributed by atoms with E-state index in [9.17, 15) is 9.90 Å². The molecule has 1 aromatic carbocycles. The van der Waals surface area contributed by atoms with Gasteiger partial charge in [0, 0.05) is 6.42 Å². The predicted octanol–water partition coefficient (Wildman–Crippen LogP) is 2.21. The Labute approximate surface area is 150 Å². The van der Waals surface area contributed by atoms with Crippen molar-refractivity contribution in [1.82, 2.24) is 9.97 Å². The van der Waals surface area contributed by atoms with Crippen LogP contribution in [0.15, 0.2) is 30.5 Å². The summed E-state index contributed by atoms with van der Waals surface area (Å²) in [7, 11) is 1.60. The van der Waals surface area contributed by atoms with Crippen molar-refractivity contribution in [1.29, 1.82) is 0 Å². The molecule has 1 saturated heterocycles.